The van der Waals surface area contributed by atoms with Crippen LogP contribution in [-0.2, 0) is 0 Å². The Morgan fingerprint density at radius 2 is 1.95 bits per heavy atom. The number of aromatic nitrogens is 3. The van der Waals surface area contributed by atoms with E-state index in [0.717, 1.165) is 11.1 Å². The van der Waals surface area contributed by atoms with E-state index in [1.54, 1.807) is 24.5 Å². The molecule has 0 N–H and O–H groups in total. The number of benzene rings is 1. The Labute approximate surface area is 125 Å². The maximum absolute atomic E-state index is 12.9. The van der Waals surface area contributed by atoms with Crippen LogP contribution in [0.15, 0.2) is 58.4 Å². The highest BCUT2D eigenvalue weighted by molar-refractivity contribution is 7.99. The maximum atomic E-state index is 12.9. The minimum Gasteiger partial charge on any atom is -0.411 e. The van der Waals surface area contributed by atoms with E-state index in [1.165, 1.54) is 23.9 Å². The van der Waals surface area contributed by atoms with Crippen molar-refractivity contribution in [3.63, 3.8) is 0 Å². The lowest BCUT2D eigenvalue weighted by Gasteiger charge is -2.08. The molecule has 3 rings (SSSR count). The van der Waals surface area contributed by atoms with Crippen molar-refractivity contribution >= 4 is 11.8 Å². The van der Waals surface area contributed by atoms with Gasteiger partial charge in [-0.15, -0.1) is 10.2 Å². The zero-order chi connectivity index (χ0) is 14.7. The van der Waals surface area contributed by atoms with Gasteiger partial charge in [-0.3, -0.25) is 4.98 Å². The second kappa shape index (κ2) is 6.05. The molecule has 0 bridgehead atoms. The van der Waals surface area contributed by atoms with E-state index < -0.39 is 0 Å². The Bertz CT molecular complexity index is 715. The monoisotopic (exact) mass is 301 g/mol. The first-order valence-electron chi connectivity index (χ1n) is 6.38. The SMILES string of the molecule is C[C@H](Sc1nnc(-c2cccnc2)o1)c1ccc(F)cc1. The van der Waals surface area contributed by atoms with Crippen molar-refractivity contribution in [3.8, 4) is 11.5 Å². The van der Waals surface area contributed by atoms with Crippen molar-refractivity contribution in [3.05, 3.63) is 60.2 Å². The summed E-state index contributed by atoms with van der Waals surface area (Å²) >= 11 is 1.43. The zero-order valence-electron chi connectivity index (χ0n) is 11.2. The molecular weight excluding hydrogens is 289 g/mol. The topological polar surface area (TPSA) is 51.8 Å². The van der Waals surface area contributed by atoms with Gasteiger partial charge in [-0.25, -0.2) is 4.39 Å². The summed E-state index contributed by atoms with van der Waals surface area (Å²) in [4.78, 5) is 4.02. The number of halogens is 1. The Kier molecular flexibility index (Phi) is 3.96. The molecular formula is C15H12FN3OS. The van der Waals surface area contributed by atoms with Gasteiger partial charge >= 0.3 is 0 Å². The van der Waals surface area contributed by atoms with Gasteiger partial charge in [0.1, 0.15) is 5.82 Å². The molecule has 0 aliphatic heterocycles. The summed E-state index contributed by atoms with van der Waals surface area (Å²) in [5, 5.41) is 8.60. The van der Waals surface area contributed by atoms with Crippen molar-refractivity contribution in [2.24, 2.45) is 0 Å². The molecule has 21 heavy (non-hydrogen) atoms. The molecule has 3 aromatic rings. The molecule has 4 nitrogen and oxygen atoms in total. The van der Waals surface area contributed by atoms with Crippen molar-refractivity contribution in [2.45, 2.75) is 17.4 Å². The van der Waals surface area contributed by atoms with E-state index in [-0.39, 0.29) is 11.1 Å². The first-order valence-corrected chi connectivity index (χ1v) is 7.26. The Hall–Kier alpha value is -2.21. The van der Waals surface area contributed by atoms with Gasteiger partial charge in [0.15, 0.2) is 0 Å². The third kappa shape index (κ3) is 3.28. The van der Waals surface area contributed by atoms with Gasteiger partial charge in [-0.1, -0.05) is 23.9 Å². The first kappa shape index (κ1) is 13.8. The number of rotatable bonds is 4. The normalized spacial score (nSPS) is 12.3. The van der Waals surface area contributed by atoms with Gasteiger partial charge in [0.05, 0.1) is 5.56 Å². The van der Waals surface area contributed by atoms with Crippen LogP contribution in [0, 0.1) is 5.82 Å². The Balaban J connectivity index is 1.74. The number of thioether (sulfide) groups is 1. The molecule has 0 amide bonds. The summed E-state index contributed by atoms with van der Waals surface area (Å²) in [5.74, 6) is 0.199. The van der Waals surface area contributed by atoms with Gasteiger partial charge < -0.3 is 4.42 Å². The first-order chi connectivity index (χ1) is 10.2. The Morgan fingerprint density at radius 3 is 2.67 bits per heavy atom. The second-order valence-electron chi connectivity index (χ2n) is 4.43. The fourth-order valence-corrected chi connectivity index (χ4v) is 2.63. The quantitative estimate of drug-likeness (QED) is 0.678. The van der Waals surface area contributed by atoms with Crippen LogP contribution in [0.2, 0.25) is 0 Å². The summed E-state index contributed by atoms with van der Waals surface area (Å²) in [6, 6.07) is 10.1. The standard InChI is InChI=1S/C15H12FN3OS/c1-10(11-4-6-13(16)7-5-11)21-15-19-18-14(20-15)12-3-2-8-17-9-12/h2-10H,1H3/t10-/m0/s1. The predicted molar refractivity (Wildman–Crippen MR) is 78.2 cm³/mol. The van der Waals surface area contributed by atoms with Crippen molar-refractivity contribution in [1.29, 1.82) is 0 Å². The molecule has 0 spiro atoms. The highest BCUT2D eigenvalue weighted by atomic mass is 32.2. The molecule has 1 aromatic carbocycles. The van der Waals surface area contributed by atoms with Crippen molar-refractivity contribution < 1.29 is 8.81 Å². The molecule has 0 saturated heterocycles. The molecule has 6 heteroatoms. The maximum Gasteiger partial charge on any atom is 0.277 e. The summed E-state index contributed by atoms with van der Waals surface area (Å²) in [7, 11) is 0. The molecule has 0 unspecified atom stereocenters. The number of pyridine rings is 1. The summed E-state index contributed by atoms with van der Waals surface area (Å²) < 4.78 is 18.5. The average Bonchev–Trinajstić information content (AvgIpc) is 2.97. The number of nitrogens with zero attached hydrogens (tertiary/aromatic N) is 3. The lowest BCUT2D eigenvalue weighted by Crippen LogP contribution is -1.88. The zero-order valence-corrected chi connectivity index (χ0v) is 12.0. The molecule has 2 heterocycles. The summed E-state index contributed by atoms with van der Waals surface area (Å²) in [6.45, 7) is 2.01. The third-order valence-electron chi connectivity index (χ3n) is 2.93. The van der Waals surface area contributed by atoms with Crippen LogP contribution in [0.4, 0.5) is 4.39 Å². The number of hydrogen-bond donors (Lipinski definition) is 0. The lowest BCUT2D eigenvalue weighted by atomic mass is 10.2. The minimum absolute atomic E-state index is 0.0906. The van der Waals surface area contributed by atoms with E-state index in [1.807, 2.05) is 19.1 Å². The number of hydrogen-bond acceptors (Lipinski definition) is 5. The Morgan fingerprint density at radius 1 is 1.14 bits per heavy atom. The molecule has 1 atom stereocenters. The average molecular weight is 301 g/mol. The van der Waals surface area contributed by atoms with Crippen LogP contribution >= 0.6 is 11.8 Å². The van der Waals surface area contributed by atoms with E-state index in [2.05, 4.69) is 15.2 Å². The fraction of sp³-hybridized carbons (Fsp3) is 0.133. The van der Waals surface area contributed by atoms with Crippen LogP contribution in [0.5, 0.6) is 0 Å². The van der Waals surface area contributed by atoms with Crippen LogP contribution in [0.25, 0.3) is 11.5 Å². The minimum atomic E-state index is -0.243. The van der Waals surface area contributed by atoms with Crippen molar-refractivity contribution in [1.82, 2.24) is 15.2 Å². The summed E-state index contributed by atoms with van der Waals surface area (Å²) in [6.07, 6.45) is 3.36. The molecule has 106 valence electrons. The predicted octanol–water partition coefficient (Wildman–Crippen LogP) is 4.12. The molecule has 0 aliphatic rings. The largest absolute Gasteiger partial charge is 0.411 e. The van der Waals surface area contributed by atoms with E-state index >= 15 is 0 Å². The van der Waals surface area contributed by atoms with Crippen LogP contribution in [-0.4, -0.2) is 15.2 Å². The molecule has 0 aliphatic carbocycles. The van der Waals surface area contributed by atoms with Crippen molar-refractivity contribution in [2.75, 3.05) is 0 Å². The van der Waals surface area contributed by atoms with E-state index in [0.29, 0.717) is 11.1 Å². The highest BCUT2D eigenvalue weighted by Gasteiger charge is 2.14. The summed E-state index contributed by atoms with van der Waals surface area (Å²) in [5.41, 5.74) is 1.79. The smallest absolute Gasteiger partial charge is 0.277 e. The van der Waals surface area contributed by atoms with Crippen LogP contribution in [0.3, 0.4) is 0 Å². The van der Waals surface area contributed by atoms with Gasteiger partial charge in [0.25, 0.3) is 5.22 Å². The molecule has 0 fully saturated rings. The van der Waals surface area contributed by atoms with Crippen LogP contribution < -0.4 is 0 Å². The van der Waals surface area contributed by atoms with Gasteiger partial charge in [-0.05, 0) is 36.8 Å². The van der Waals surface area contributed by atoms with Gasteiger partial charge in [0, 0.05) is 17.6 Å². The molecule has 2 aromatic heterocycles. The van der Waals surface area contributed by atoms with Crippen LogP contribution in [0.1, 0.15) is 17.7 Å². The second-order valence-corrected chi connectivity index (χ2v) is 5.72. The lowest BCUT2D eigenvalue weighted by molar-refractivity contribution is 0.465. The van der Waals surface area contributed by atoms with E-state index in [9.17, 15) is 4.39 Å². The van der Waals surface area contributed by atoms with Gasteiger partial charge in [-0.2, -0.15) is 0 Å². The van der Waals surface area contributed by atoms with E-state index in [4.69, 9.17) is 4.42 Å². The fourth-order valence-electron chi connectivity index (χ4n) is 1.82. The highest BCUT2D eigenvalue weighted by Crippen LogP contribution is 2.34. The van der Waals surface area contributed by atoms with Gasteiger partial charge in [0.2, 0.25) is 5.89 Å². The molecule has 0 saturated carbocycles. The third-order valence-corrected chi connectivity index (χ3v) is 3.92. The molecule has 0 radical (unpaired) electrons.